The van der Waals surface area contributed by atoms with Crippen molar-refractivity contribution >= 4 is 5.91 Å². The SMILES string of the molecule is CN1CCN(C(=O)[C@H]2[C@H](CO)[C@H]3Cn4c(cccc4=O)[C@H]3N2Cc2cc(F)ccc2F)CC1. The van der Waals surface area contributed by atoms with E-state index in [-0.39, 0.29) is 42.1 Å². The Morgan fingerprint density at radius 2 is 1.88 bits per heavy atom. The van der Waals surface area contributed by atoms with Crippen LogP contribution in [0.25, 0.3) is 0 Å². The van der Waals surface area contributed by atoms with Crippen LogP contribution in [-0.4, -0.2) is 76.2 Å². The van der Waals surface area contributed by atoms with Crippen LogP contribution in [0, 0.1) is 23.5 Å². The number of hydrogen-bond acceptors (Lipinski definition) is 5. The molecule has 0 radical (unpaired) electrons. The van der Waals surface area contributed by atoms with Crippen LogP contribution in [0.3, 0.4) is 0 Å². The lowest BCUT2D eigenvalue weighted by atomic mass is 9.88. The second-order valence-electron chi connectivity index (χ2n) is 9.34. The molecule has 0 aliphatic carbocycles. The number of hydrogen-bond donors (Lipinski definition) is 1. The number of likely N-dealkylation sites (tertiary alicyclic amines) is 1. The van der Waals surface area contributed by atoms with Gasteiger partial charge in [-0.05, 0) is 31.3 Å². The number of nitrogens with zero attached hydrogens (tertiary/aromatic N) is 4. The third kappa shape index (κ3) is 3.78. The molecule has 5 rings (SSSR count). The molecule has 2 saturated heterocycles. The monoisotopic (exact) mass is 458 g/mol. The number of amides is 1. The maximum atomic E-state index is 14.6. The fourth-order valence-corrected chi connectivity index (χ4v) is 5.79. The Morgan fingerprint density at radius 1 is 1.12 bits per heavy atom. The van der Waals surface area contributed by atoms with Gasteiger partial charge in [0.2, 0.25) is 5.91 Å². The van der Waals surface area contributed by atoms with Crippen molar-refractivity contribution < 1.29 is 18.7 Å². The van der Waals surface area contributed by atoms with Crippen molar-refractivity contribution in [3.8, 4) is 0 Å². The molecule has 2 fully saturated rings. The summed E-state index contributed by atoms with van der Waals surface area (Å²) in [5, 5.41) is 10.4. The van der Waals surface area contributed by atoms with E-state index in [1.165, 1.54) is 6.07 Å². The van der Waals surface area contributed by atoms with Gasteiger partial charge in [0, 0.05) is 75.0 Å². The number of aromatic nitrogens is 1. The number of carbonyl (C=O) groups excluding carboxylic acids is 1. The minimum atomic E-state index is -0.680. The van der Waals surface area contributed by atoms with Gasteiger partial charge in [-0.1, -0.05) is 6.07 Å². The summed E-state index contributed by atoms with van der Waals surface area (Å²) < 4.78 is 30.3. The Kier molecular flexibility index (Phi) is 5.80. The fourth-order valence-electron chi connectivity index (χ4n) is 5.79. The number of fused-ring (bicyclic) bond motifs is 3. The summed E-state index contributed by atoms with van der Waals surface area (Å²) in [7, 11) is 2.01. The van der Waals surface area contributed by atoms with Crippen molar-refractivity contribution in [2.24, 2.45) is 11.8 Å². The molecule has 0 bridgehead atoms. The number of aliphatic hydroxyl groups excluding tert-OH is 1. The third-order valence-corrected chi connectivity index (χ3v) is 7.50. The summed E-state index contributed by atoms with van der Waals surface area (Å²) in [5.74, 6) is -1.79. The van der Waals surface area contributed by atoms with Gasteiger partial charge in [-0.15, -0.1) is 0 Å². The first-order chi connectivity index (χ1) is 15.9. The van der Waals surface area contributed by atoms with E-state index in [2.05, 4.69) is 4.90 Å². The number of halogens is 2. The first kappa shape index (κ1) is 22.2. The van der Waals surface area contributed by atoms with Crippen LogP contribution in [-0.2, 0) is 17.9 Å². The summed E-state index contributed by atoms with van der Waals surface area (Å²) in [6.45, 7) is 2.84. The summed E-state index contributed by atoms with van der Waals surface area (Å²) in [4.78, 5) is 32.1. The molecule has 1 aromatic heterocycles. The van der Waals surface area contributed by atoms with Gasteiger partial charge in [0.05, 0.1) is 12.1 Å². The molecular weight excluding hydrogens is 430 g/mol. The van der Waals surface area contributed by atoms with Gasteiger partial charge in [0.15, 0.2) is 0 Å². The first-order valence-corrected chi connectivity index (χ1v) is 11.4. The van der Waals surface area contributed by atoms with Crippen molar-refractivity contribution in [1.82, 2.24) is 19.3 Å². The van der Waals surface area contributed by atoms with Crippen molar-refractivity contribution in [2.45, 2.75) is 25.2 Å². The van der Waals surface area contributed by atoms with Gasteiger partial charge >= 0.3 is 0 Å². The predicted octanol–water partition coefficient (Wildman–Crippen LogP) is 1.06. The van der Waals surface area contributed by atoms with Gasteiger partial charge < -0.3 is 19.5 Å². The number of piperazine rings is 1. The topological polar surface area (TPSA) is 69.0 Å². The van der Waals surface area contributed by atoms with Crippen molar-refractivity contribution in [3.63, 3.8) is 0 Å². The van der Waals surface area contributed by atoms with E-state index in [1.807, 2.05) is 18.0 Å². The van der Waals surface area contributed by atoms with Crippen molar-refractivity contribution in [3.05, 3.63) is 69.6 Å². The predicted molar refractivity (Wildman–Crippen MR) is 117 cm³/mol. The van der Waals surface area contributed by atoms with E-state index in [9.17, 15) is 23.5 Å². The number of pyridine rings is 1. The molecule has 3 aliphatic rings. The van der Waals surface area contributed by atoms with Crippen LogP contribution in [0.5, 0.6) is 0 Å². The van der Waals surface area contributed by atoms with E-state index in [0.717, 1.165) is 37.0 Å². The lowest BCUT2D eigenvalue weighted by Crippen LogP contribution is -2.55. The van der Waals surface area contributed by atoms with Gasteiger partial charge in [-0.2, -0.15) is 0 Å². The number of likely N-dealkylation sites (N-methyl/N-ethyl adjacent to an activating group) is 1. The highest BCUT2D eigenvalue weighted by molar-refractivity contribution is 5.83. The standard InChI is InChI=1S/C24H28F2N4O3/c1-27-7-9-28(10-8-27)24(33)23-18(14-31)17-13-29-20(3-2-4-21(29)32)22(17)30(23)12-15-11-16(25)5-6-19(15)26/h2-6,11,17-18,22-23,31H,7-10,12-14H2,1H3/t17-,18-,22+,23-/m1/s1. The molecule has 2 aromatic rings. The zero-order chi connectivity index (χ0) is 23.3. The van der Waals surface area contributed by atoms with Crippen molar-refractivity contribution in [1.29, 1.82) is 0 Å². The Balaban J connectivity index is 1.56. The first-order valence-electron chi connectivity index (χ1n) is 11.4. The molecule has 1 N–H and O–H groups in total. The molecule has 4 atom stereocenters. The van der Waals surface area contributed by atoms with Crippen LogP contribution < -0.4 is 5.56 Å². The lowest BCUT2D eigenvalue weighted by molar-refractivity contribution is -0.140. The van der Waals surface area contributed by atoms with Gasteiger partial charge in [0.25, 0.3) is 5.56 Å². The lowest BCUT2D eigenvalue weighted by Gasteiger charge is -2.38. The third-order valence-electron chi connectivity index (χ3n) is 7.50. The summed E-state index contributed by atoms with van der Waals surface area (Å²) in [5.41, 5.74) is 0.758. The Hall–Kier alpha value is -2.62. The van der Waals surface area contributed by atoms with E-state index in [4.69, 9.17) is 0 Å². The highest BCUT2D eigenvalue weighted by Gasteiger charge is 2.56. The van der Waals surface area contributed by atoms with Crippen molar-refractivity contribution in [2.75, 3.05) is 39.8 Å². The molecule has 4 heterocycles. The quantitative estimate of drug-likeness (QED) is 0.742. The van der Waals surface area contributed by atoms with E-state index in [0.29, 0.717) is 19.6 Å². The second-order valence-corrected chi connectivity index (χ2v) is 9.34. The van der Waals surface area contributed by atoms with Crippen LogP contribution in [0.1, 0.15) is 17.3 Å². The molecule has 0 spiro atoms. The van der Waals surface area contributed by atoms with E-state index in [1.54, 1.807) is 15.5 Å². The van der Waals surface area contributed by atoms with E-state index < -0.39 is 23.6 Å². The average molecular weight is 459 g/mol. The number of carbonyl (C=O) groups is 1. The Morgan fingerprint density at radius 3 is 2.61 bits per heavy atom. The second kappa shape index (κ2) is 8.62. The molecule has 176 valence electrons. The highest BCUT2D eigenvalue weighted by Crippen LogP contribution is 2.50. The van der Waals surface area contributed by atoms with Crippen LogP contribution >= 0.6 is 0 Å². The Labute approximate surface area is 190 Å². The molecule has 7 nitrogen and oxygen atoms in total. The molecule has 0 saturated carbocycles. The normalized spacial score (nSPS) is 27.6. The molecule has 3 aliphatic heterocycles. The van der Waals surface area contributed by atoms with Gasteiger partial charge in [-0.25, -0.2) is 8.78 Å². The summed E-state index contributed by atoms with van der Waals surface area (Å²) in [6.07, 6.45) is 0. The number of benzene rings is 1. The van der Waals surface area contributed by atoms with Gasteiger partial charge in [0.1, 0.15) is 11.6 Å². The minimum absolute atomic E-state index is 0.00843. The number of aliphatic hydroxyl groups is 1. The minimum Gasteiger partial charge on any atom is -0.396 e. The largest absolute Gasteiger partial charge is 0.396 e. The summed E-state index contributed by atoms with van der Waals surface area (Å²) in [6, 6.07) is 7.30. The fraction of sp³-hybridized carbons (Fsp3) is 0.500. The molecule has 9 heteroatoms. The molecule has 1 amide bonds. The summed E-state index contributed by atoms with van der Waals surface area (Å²) >= 11 is 0. The molecule has 0 unspecified atom stereocenters. The zero-order valence-corrected chi connectivity index (χ0v) is 18.5. The molecule has 33 heavy (non-hydrogen) atoms. The van der Waals surface area contributed by atoms with Gasteiger partial charge in [-0.3, -0.25) is 14.5 Å². The van der Waals surface area contributed by atoms with Crippen LogP contribution in [0.2, 0.25) is 0 Å². The maximum absolute atomic E-state index is 14.6. The number of rotatable bonds is 4. The maximum Gasteiger partial charge on any atom is 0.250 e. The zero-order valence-electron chi connectivity index (χ0n) is 18.5. The van der Waals surface area contributed by atoms with Crippen LogP contribution in [0.4, 0.5) is 8.78 Å². The average Bonchev–Trinajstić information content (AvgIpc) is 3.32. The molecular formula is C24H28F2N4O3. The highest BCUT2D eigenvalue weighted by atomic mass is 19.1. The van der Waals surface area contributed by atoms with Crippen LogP contribution in [0.15, 0.2) is 41.2 Å². The smallest absolute Gasteiger partial charge is 0.250 e. The Bertz CT molecular complexity index is 1120. The molecule has 1 aromatic carbocycles. The van der Waals surface area contributed by atoms with E-state index >= 15 is 0 Å².